The zero-order chi connectivity index (χ0) is 15.9. The van der Waals surface area contributed by atoms with E-state index in [0.29, 0.717) is 26.2 Å². The Bertz CT molecular complexity index is 288. The third-order valence-corrected chi connectivity index (χ3v) is 4.27. The van der Waals surface area contributed by atoms with Crippen LogP contribution in [-0.2, 0) is 0 Å². The molecule has 2 N–H and O–H groups in total. The number of piperazine rings is 1. The molecule has 126 valence electrons. The van der Waals surface area contributed by atoms with Gasteiger partial charge >= 0.3 is 6.18 Å². The number of rotatable bonds is 8. The Labute approximate surface area is 125 Å². The summed E-state index contributed by atoms with van der Waals surface area (Å²) in [6.45, 7) is 4.62. The first kappa shape index (κ1) is 18.7. The van der Waals surface area contributed by atoms with Crippen LogP contribution in [0.15, 0.2) is 0 Å². The lowest BCUT2D eigenvalue weighted by Gasteiger charge is -2.35. The quantitative estimate of drug-likeness (QED) is 0.663. The molecule has 0 spiro atoms. The van der Waals surface area contributed by atoms with E-state index in [1.165, 1.54) is 4.90 Å². The van der Waals surface area contributed by atoms with Crippen LogP contribution in [0.1, 0.15) is 26.2 Å². The lowest BCUT2D eigenvalue weighted by atomic mass is 9.96. The third-order valence-electron chi connectivity index (χ3n) is 4.27. The summed E-state index contributed by atoms with van der Waals surface area (Å²) in [5.41, 5.74) is -0.231. The minimum Gasteiger partial charge on any atom is -0.394 e. The number of hydrogen-bond acceptors (Lipinski definition) is 4. The average molecular weight is 311 g/mol. The Morgan fingerprint density at radius 2 is 1.62 bits per heavy atom. The highest BCUT2D eigenvalue weighted by atomic mass is 19.4. The van der Waals surface area contributed by atoms with E-state index in [-0.39, 0.29) is 12.1 Å². The summed E-state index contributed by atoms with van der Waals surface area (Å²) in [7, 11) is 1.84. The van der Waals surface area contributed by atoms with E-state index in [9.17, 15) is 18.3 Å². The van der Waals surface area contributed by atoms with Gasteiger partial charge in [0.15, 0.2) is 0 Å². The smallest absolute Gasteiger partial charge is 0.394 e. The molecule has 4 nitrogen and oxygen atoms in total. The summed E-state index contributed by atoms with van der Waals surface area (Å²) >= 11 is 0. The number of nitrogens with zero attached hydrogens (tertiary/aromatic N) is 2. The van der Waals surface area contributed by atoms with Gasteiger partial charge in [0.25, 0.3) is 0 Å². The number of halogens is 3. The molecule has 1 saturated heterocycles. The van der Waals surface area contributed by atoms with Gasteiger partial charge in [-0.25, -0.2) is 0 Å². The van der Waals surface area contributed by atoms with Crippen LogP contribution in [0.25, 0.3) is 0 Å². The fraction of sp³-hybridized carbons (Fsp3) is 1.00. The fourth-order valence-corrected chi connectivity index (χ4v) is 2.56. The topological polar surface area (TPSA) is 38.7 Å². The lowest BCUT2D eigenvalue weighted by Crippen LogP contribution is -2.49. The van der Waals surface area contributed by atoms with E-state index in [1.54, 1.807) is 0 Å². The van der Waals surface area contributed by atoms with Gasteiger partial charge in [-0.15, -0.1) is 0 Å². The van der Waals surface area contributed by atoms with E-state index < -0.39 is 12.7 Å². The molecule has 0 aliphatic carbocycles. The molecular weight excluding hydrogens is 283 g/mol. The number of aliphatic hydroxyl groups excluding tert-OH is 1. The molecule has 0 amide bonds. The van der Waals surface area contributed by atoms with Crippen molar-refractivity contribution < 1.29 is 18.3 Å². The molecule has 0 aromatic rings. The number of unbranched alkanes of at least 4 members (excludes halogenated alkanes) is 1. The number of likely N-dealkylation sites (N-methyl/N-ethyl adjacent to an activating group) is 1. The summed E-state index contributed by atoms with van der Waals surface area (Å²) in [6.07, 6.45) is -1.19. The van der Waals surface area contributed by atoms with Gasteiger partial charge < -0.3 is 15.3 Å². The van der Waals surface area contributed by atoms with Crippen LogP contribution in [-0.4, -0.2) is 79.5 Å². The molecule has 21 heavy (non-hydrogen) atoms. The van der Waals surface area contributed by atoms with Gasteiger partial charge in [0, 0.05) is 31.7 Å². The maximum atomic E-state index is 12.3. The average Bonchev–Trinajstić information content (AvgIpc) is 2.43. The number of alkyl halides is 3. The molecule has 1 aliphatic heterocycles. The maximum absolute atomic E-state index is 12.3. The first-order chi connectivity index (χ1) is 9.78. The number of hydrogen-bond donors (Lipinski definition) is 2. The summed E-state index contributed by atoms with van der Waals surface area (Å²) in [5, 5.41) is 12.4. The Morgan fingerprint density at radius 3 is 2.10 bits per heavy atom. The van der Waals surface area contributed by atoms with Gasteiger partial charge in [-0.1, -0.05) is 6.42 Å². The van der Waals surface area contributed by atoms with Crippen molar-refractivity contribution in [2.24, 2.45) is 0 Å². The molecule has 1 unspecified atom stereocenters. The summed E-state index contributed by atoms with van der Waals surface area (Å²) in [6, 6.07) is 0. The normalized spacial score (nSPS) is 21.4. The largest absolute Gasteiger partial charge is 0.401 e. The highest BCUT2D eigenvalue weighted by Crippen LogP contribution is 2.18. The van der Waals surface area contributed by atoms with Crippen LogP contribution in [0.2, 0.25) is 0 Å². The third kappa shape index (κ3) is 7.44. The standard InChI is InChI=1S/C14H28F3N3O/c1-13(12-21,18-2)5-3-4-6-19-7-9-20(10-8-19)11-14(15,16)17/h18,21H,3-12H2,1-2H3. The summed E-state index contributed by atoms with van der Waals surface area (Å²) < 4.78 is 36.8. The van der Waals surface area contributed by atoms with Crippen LogP contribution in [0.5, 0.6) is 0 Å². The second kappa shape index (κ2) is 8.31. The molecule has 1 heterocycles. The minimum absolute atomic E-state index is 0.111. The van der Waals surface area contributed by atoms with Crippen LogP contribution in [0, 0.1) is 0 Å². The molecule has 0 bridgehead atoms. The van der Waals surface area contributed by atoms with Gasteiger partial charge in [-0.2, -0.15) is 13.2 Å². The zero-order valence-electron chi connectivity index (χ0n) is 13.0. The van der Waals surface area contributed by atoms with Crippen LogP contribution in [0.3, 0.4) is 0 Å². The van der Waals surface area contributed by atoms with Crippen molar-refractivity contribution in [1.29, 1.82) is 0 Å². The Balaban J connectivity index is 2.14. The molecule has 1 rings (SSSR count). The summed E-state index contributed by atoms with van der Waals surface area (Å²) in [5.74, 6) is 0. The van der Waals surface area contributed by atoms with E-state index in [1.807, 2.05) is 14.0 Å². The predicted molar refractivity (Wildman–Crippen MR) is 77.3 cm³/mol. The van der Waals surface area contributed by atoms with Crippen LogP contribution in [0.4, 0.5) is 13.2 Å². The zero-order valence-corrected chi connectivity index (χ0v) is 13.0. The van der Waals surface area contributed by atoms with Crippen molar-refractivity contribution in [3.05, 3.63) is 0 Å². The second-order valence-corrected chi connectivity index (χ2v) is 6.16. The first-order valence-electron chi connectivity index (χ1n) is 7.59. The predicted octanol–water partition coefficient (Wildman–Crippen LogP) is 1.31. The van der Waals surface area contributed by atoms with E-state index in [4.69, 9.17) is 0 Å². The van der Waals surface area contributed by atoms with E-state index >= 15 is 0 Å². The fourth-order valence-electron chi connectivity index (χ4n) is 2.56. The molecule has 1 aliphatic rings. The van der Waals surface area contributed by atoms with Gasteiger partial charge in [-0.05, 0) is 33.4 Å². The molecule has 0 saturated carbocycles. The first-order valence-corrected chi connectivity index (χ1v) is 7.59. The highest BCUT2D eigenvalue weighted by Gasteiger charge is 2.32. The van der Waals surface area contributed by atoms with E-state index in [0.717, 1.165) is 25.8 Å². The molecule has 7 heteroatoms. The van der Waals surface area contributed by atoms with Gasteiger partial charge in [0.05, 0.1) is 13.2 Å². The molecular formula is C14H28F3N3O. The van der Waals surface area contributed by atoms with E-state index in [2.05, 4.69) is 10.2 Å². The lowest BCUT2D eigenvalue weighted by molar-refractivity contribution is -0.149. The molecule has 1 atom stereocenters. The number of nitrogens with one attached hydrogen (secondary N) is 1. The van der Waals surface area contributed by atoms with Crippen molar-refractivity contribution >= 4 is 0 Å². The maximum Gasteiger partial charge on any atom is 0.401 e. The van der Waals surface area contributed by atoms with Crippen molar-refractivity contribution in [2.45, 2.75) is 37.9 Å². The van der Waals surface area contributed by atoms with Crippen molar-refractivity contribution in [3.63, 3.8) is 0 Å². The van der Waals surface area contributed by atoms with Crippen molar-refractivity contribution in [3.8, 4) is 0 Å². The van der Waals surface area contributed by atoms with Gasteiger partial charge in [-0.3, -0.25) is 4.90 Å². The number of aliphatic hydroxyl groups is 1. The Hall–Kier alpha value is -0.370. The van der Waals surface area contributed by atoms with Gasteiger partial charge in [0.2, 0.25) is 0 Å². The molecule has 0 radical (unpaired) electrons. The highest BCUT2D eigenvalue weighted by molar-refractivity contribution is 4.80. The molecule has 0 aromatic heterocycles. The SMILES string of the molecule is CNC(C)(CO)CCCCN1CCN(CC(F)(F)F)CC1. The van der Waals surface area contributed by atoms with Gasteiger partial charge in [0.1, 0.15) is 0 Å². The Morgan fingerprint density at radius 1 is 1.05 bits per heavy atom. The monoisotopic (exact) mass is 311 g/mol. The Kier molecular flexibility index (Phi) is 7.39. The minimum atomic E-state index is -4.09. The summed E-state index contributed by atoms with van der Waals surface area (Å²) in [4.78, 5) is 3.70. The molecule has 0 aromatic carbocycles. The molecule has 1 fully saturated rings. The van der Waals surface area contributed by atoms with Crippen LogP contribution < -0.4 is 5.32 Å². The van der Waals surface area contributed by atoms with Crippen LogP contribution >= 0.6 is 0 Å². The second-order valence-electron chi connectivity index (χ2n) is 6.16. The van der Waals surface area contributed by atoms with Crippen molar-refractivity contribution in [1.82, 2.24) is 15.1 Å². The van der Waals surface area contributed by atoms with Crippen molar-refractivity contribution in [2.75, 3.05) is 52.9 Å².